The van der Waals surface area contributed by atoms with Crippen LogP contribution in [0.25, 0.3) is 0 Å². The summed E-state index contributed by atoms with van der Waals surface area (Å²) in [7, 11) is 0. The van der Waals surface area contributed by atoms with Crippen molar-refractivity contribution in [2.24, 2.45) is 0 Å². The topological polar surface area (TPSA) is 15.9 Å². The lowest BCUT2D eigenvalue weighted by molar-refractivity contribution is -0.197. The average molecular weight is 156 g/mol. The zero-order chi connectivity index (χ0) is 6.69. The van der Waals surface area contributed by atoms with Gasteiger partial charge in [-0.05, 0) is 0 Å². The Kier molecular flexibility index (Phi) is 2.02. The highest BCUT2D eigenvalue weighted by molar-refractivity contribution is 7.58. The van der Waals surface area contributed by atoms with Gasteiger partial charge in [0.05, 0.1) is 0 Å². The molecule has 46 valence electrons. The van der Waals surface area contributed by atoms with Gasteiger partial charge >= 0.3 is 0 Å². The minimum absolute atomic E-state index is 0.815. The number of hydrogen-bond acceptors (Lipinski definition) is 3. The fourth-order valence-corrected chi connectivity index (χ4v) is 0.709. The van der Waals surface area contributed by atoms with Crippen LogP contribution in [0.1, 0.15) is 0 Å². The summed E-state index contributed by atoms with van der Waals surface area (Å²) in [6, 6.07) is 3.53. The molecule has 0 aliphatic carbocycles. The van der Waals surface area contributed by atoms with Gasteiger partial charge in [0.15, 0.2) is 0 Å². The first-order chi connectivity index (χ1) is 4.30. The Balaban J connectivity index is 2.98. The summed E-state index contributed by atoms with van der Waals surface area (Å²) in [5.41, 5.74) is 0.815. The van der Waals surface area contributed by atoms with Crippen LogP contribution in [-0.2, 0) is 25.2 Å². The van der Waals surface area contributed by atoms with Crippen molar-refractivity contribution in [3.63, 3.8) is 0 Å². The van der Waals surface area contributed by atoms with Crippen LogP contribution in [0.5, 0.6) is 0 Å². The van der Waals surface area contributed by atoms with E-state index in [-0.39, 0.29) is 0 Å². The second-order valence-electron chi connectivity index (χ2n) is 1.46. The molecule has 0 spiro atoms. The Bertz CT molecular complexity index is 209. The van der Waals surface area contributed by atoms with E-state index in [2.05, 4.69) is 30.2 Å². The maximum absolute atomic E-state index is 4.67. The van der Waals surface area contributed by atoms with Crippen molar-refractivity contribution >= 4 is 30.9 Å². The largest absolute Gasteiger partial charge is 0.264 e. The predicted octanol–water partition coefficient (Wildman–Crippen LogP) is 0.918. The zero-order valence-electron chi connectivity index (χ0n) is 4.52. The summed E-state index contributed by atoms with van der Waals surface area (Å²) in [6.45, 7) is 0. The minimum atomic E-state index is 0.815. The Morgan fingerprint density at radius 3 is 2.33 bits per heavy atom. The van der Waals surface area contributed by atoms with Gasteiger partial charge in [0.2, 0.25) is 5.69 Å². The quantitative estimate of drug-likeness (QED) is 0.444. The minimum Gasteiger partial charge on any atom is -0.264 e. The highest BCUT2D eigenvalue weighted by atomic mass is 32.2. The molecule has 1 aromatic heterocycles. The van der Waals surface area contributed by atoms with E-state index in [9.17, 15) is 0 Å². The van der Waals surface area contributed by atoms with Crippen LogP contribution in [0, 0.1) is 0 Å². The zero-order valence-corrected chi connectivity index (χ0v) is 6.15. The van der Waals surface area contributed by atoms with Crippen LogP contribution < -0.4 is 0 Å². The average Bonchev–Trinajstić information content (AvgIpc) is 1.90. The molecule has 1 rings (SSSR count). The van der Waals surface area contributed by atoms with Crippen LogP contribution in [0.3, 0.4) is 0 Å². The van der Waals surface area contributed by atoms with Crippen molar-refractivity contribution in [3.8, 4) is 0 Å². The van der Waals surface area contributed by atoms with Crippen molar-refractivity contribution in [1.82, 2.24) is 4.98 Å². The molecule has 9 heavy (non-hydrogen) atoms. The molecule has 1 aromatic rings. The lowest BCUT2D eigenvalue weighted by Gasteiger charge is -1.91. The summed E-state index contributed by atoms with van der Waals surface area (Å²) in [4.78, 5) is 3.81. The second-order valence-corrected chi connectivity index (χ2v) is 2.42. The van der Waals surface area contributed by atoms with E-state index >= 15 is 0 Å². The van der Waals surface area contributed by atoms with E-state index in [0.717, 1.165) is 5.69 Å². The third kappa shape index (κ3) is 1.65. The Hall–Kier alpha value is -0.610. The molecule has 0 aliphatic heterocycles. The van der Waals surface area contributed by atoms with Gasteiger partial charge in [-0.15, -0.1) is 0 Å². The molecular formula is C5H4N2S2. The fourth-order valence-electron chi connectivity index (χ4n) is 0.466. The monoisotopic (exact) mass is 156 g/mol. The lowest BCUT2D eigenvalue weighted by Crippen LogP contribution is -1.86. The lowest BCUT2D eigenvalue weighted by atomic mass is 10.4. The molecule has 0 atom stereocenters. The van der Waals surface area contributed by atoms with Crippen LogP contribution in [0.15, 0.2) is 24.5 Å². The first-order valence-electron chi connectivity index (χ1n) is 2.35. The first kappa shape index (κ1) is 6.51. The van der Waals surface area contributed by atoms with Gasteiger partial charge in [0.25, 0.3) is 0 Å². The summed E-state index contributed by atoms with van der Waals surface area (Å²) in [5, 5.41) is 0. The van der Waals surface area contributed by atoms with Gasteiger partial charge < -0.3 is 0 Å². The van der Waals surface area contributed by atoms with Crippen LogP contribution in [0.4, 0.5) is 5.69 Å². The Labute approximate surface area is 64.2 Å². The third-order valence-electron chi connectivity index (χ3n) is 0.874. The van der Waals surface area contributed by atoms with E-state index < -0.39 is 0 Å². The van der Waals surface area contributed by atoms with E-state index in [4.69, 9.17) is 0 Å². The highest BCUT2D eigenvalue weighted by Gasteiger charge is 1.92. The van der Waals surface area contributed by atoms with Crippen molar-refractivity contribution in [1.29, 1.82) is 0 Å². The second kappa shape index (κ2) is 2.80. The molecule has 0 aliphatic rings. The molecule has 0 unspecified atom stereocenters. The normalized spacial score (nSPS) is 8.89. The standard InChI is InChI=1S/C5H4N2S2/c8-7(9)5-1-3-6-4-2-5/h1-4H. The summed E-state index contributed by atoms with van der Waals surface area (Å²) in [6.07, 6.45) is 3.31. The molecule has 2 nitrogen and oxygen atoms in total. The van der Waals surface area contributed by atoms with E-state index in [1.807, 2.05) is 0 Å². The SMILES string of the molecule is S=[N+]([S-])c1ccncc1. The molecule has 0 saturated carbocycles. The van der Waals surface area contributed by atoms with Gasteiger partial charge in [0, 0.05) is 24.5 Å². The van der Waals surface area contributed by atoms with Gasteiger partial charge in [0.1, 0.15) is 0 Å². The molecule has 1 heterocycles. The first-order valence-corrected chi connectivity index (χ1v) is 3.08. The third-order valence-corrected chi connectivity index (χ3v) is 1.30. The number of rotatable bonds is 1. The number of pyridine rings is 1. The van der Waals surface area contributed by atoms with Crippen molar-refractivity contribution in [3.05, 3.63) is 24.5 Å². The molecule has 0 radical (unpaired) electrons. The molecule has 0 aromatic carbocycles. The maximum atomic E-state index is 4.67. The van der Waals surface area contributed by atoms with Crippen LogP contribution >= 0.6 is 0 Å². The van der Waals surface area contributed by atoms with E-state index in [1.54, 1.807) is 24.5 Å². The van der Waals surface area contributed by atoms with Crippen molar-refractivity contribution < 1.29 is 3.35 Å². The molecule has 4 heteroatoms. The Morgan fingerprint density at radius 2 is 2.00 bits per heavy atom. The maximum Gasteiger partial charge on any atom is 0.205 e. The molecule has 0 amide bonds. The van der Waals surface area contributed by atoms with Gasteiger partial charge in [-0.3, -0.25) is 4.98 Å². The fraction of sp³-hybridized carbons (Fsp3) is 0. The highest BCUT2D eigenvalue weighted by Crippen LogP contribution is 2.04. The summed E-state index contributed by atoms with van der Waals surface area (Å²) < 4.78 is 1.21. The van der Waals surface area contributed by atoms with Crippen LogP contribution in [-0.4, -0.2) is 8.34 Å². The number of aromatic nitrogens is 1. The molecular weight excluding hydrogens is 152 g/mol. The summed E-state index contributed by atoms with van der Waals surface area (Å²) >= 11 is 9.33. The Morgan fingerprint density at radius 1 is 1.44 bits per heavy atom. The van der Waals surface area contributed by atoms with Crippen molar-refractivity contribution in [2.45, 2.75) is 0 Å². The molecule has 0 saturated heterocycles. The van der Waals surface area contributed by atoms with Gasteiger partial charge in [-0.25, -0.2) is 3.35 Å². The van der Waals surface area contributed by atoms with E-state index in [1.165, 1.54) is 3.35 Å². The van der Waals surface area contributed by atoms with Gasteiger partial charge in [-0.2, -0.15) is 0 Å². The van der Waals surface area contributed by atoms with Gasteiger partial charge in [-0.1, -0.05) is 25.2 Å². The summed E-state index contributed by atoms with van der Waals surface area (Å²) in [5.74, 6) is 0. The molecule has 0 fully saturated rings. The van der Waals surface area contributed by atoms with Crippen molar-refractivity contribution in [2.75, 3.05) is 0 Å². The molecule has 0 N–H and O–H groups in total. The van der Waals surface area contributed by atoms with Crippen LogP contribution in [0.2, 0.25) is 0 Å². The smallest absolute Gasteiger partial charge is 0.205 e. The number of hydrogen-bond donors (Lipinski definition) is 0. The predicted molar refractivity (Wildman–Crippen MR) is 38.9 cm³/mol. The number of nitrogens with zero attached hydrogens (tertiary/aromatic N) is 2. The van der Waals surface area contributed by atoms with E-state index in [0.29, 0.717) is 0 Å². The molecule has 0 bridgehead atoms.